The molecule has 1 aromatic rings. The van der Waals surface area contributed by atoms with Crippen LogP contribution in [0.4, 0.5) is 0 Å². The van der Waals surface area contributed by atoms with E-state index in [0.29, 0.717) is 17.7 Å². The molecule has 0 spiro atoms. The Balaban J connectivity index is 3.02. The fraction of sp³-hybridized carbons (Fsp3) is 0.500. The third-order valence-electron chi connectivity index (χ3n) is 2.59. The van der Waals surface area contributed by atoms with Crippen molar-refractivity contribution in [2.45, 2.75) is 39.1 Å². The molecular formula is C14H21BO5. The zero-order chi connectivity index (χ0) is 15.3. The van der Waals surface area contributed by atoms with Gasteiger partial charge >= 0.3 is 13.1 Å². The summed E-state index contributed by atoms with van der Waals surface area (Å²) >= 11 is 0. The highest BCUT2D eigenvalue weighted by Crippen LogP contribution is 2.27. The molecule has 5 nitrogen and oxygen atoms in total. The minimum Gasteiger partial charge on any atom is -0.496 e. The number of methoxy groups -OCH3 is 1. The molecule has 6 heteroatoms. The molecule has 0 heterocycles. The number of benzene rings is 1. The van der Waals surface area contributed by atoms with E-state index in [2.05, 4.69) is 0 Å². The fourth-order valence-corrected chi connectivity index (χ4v) is 1.80. The largest absolute Gasteiger partial charge is 0.496 e. The van der Waals surface area contributed by atoms with Gasteiger partial charge in [0.2, 0.25) is 0 Å². The summed E-state index contributed by atoms with van der Waals surface area (Å²) < 4.78 is 10.6. The van der Waals surface area contributed by atoms with Gasteiger partial charge in [0.05, 0.1) is 7.11 Å². The molecule has 0 unspecified atom stereocenters. The van der Waals surface area contributed by atoms with Gasteiger partial charge in [-0.1, -0.05) is 12.1 Å². The van der Waals surface area contributed by atoms with Crippen LogP contribution in [0.3, 0.4) is 0 Å². The van der Waals surface area contributed by atoms with Crippen molar-refractivity contribution < 1.29 is 24.3 Å². The Labute approximate surface area is 119 Å². The number of para-hydroxylation sites is 1. The second-order valence-corrected chi connectivity index (χ2v) is 5.52. The molecule has 0 aliphatic heterocycles. The summed E-state index contributed by atoms with van der Waals surface area (Å²) in [5.74, 6) is -0.0388. The Kier molecular flexibility index (Phi) is 5.59. The van der Waals surface area contributed by atoms with E-state index in [4.69, 9.17) is 19.5 Å². The molecule has 0 aromatic heterocycles. The van der Waals surface area contributed by atoms with Crippen molar-refractivity contribution in [3.8, 4) is 5.75 Å². The first kappa shape index (κ1) is 16.5. The van der Waals surface area contributed by atoms with Crippen LogP contribution >= 0.6 is 0 Å². The summed E-state index contributed by atoms with van der Waals surface area (Å²) in [5, 5.41) is 17.9. The van der Waals surface area contributed by atoms with E-state index in [1.165, 1.54) is 7.11 Å². The minimum absolute atomic E-state index is 0.175. The summed E-state index contributed by atoms with van der Waals surface area (Å²) in [6, 6.07) is 5.14. The van der Waals surface area contributed by atoms with E-state index in [1.807, 2.05) is 0 Å². The van der Waals surface area contributed by atoms with Crippen molar-refractivity contribution in [2.75, 3.05) is 7.11 Å². The topological polar surface area (TPSA) is 76.0 Å². The number of carbonyl (C=O) groups excluding carboxylic acids is 1. The van der Waals surface area contributed by atoms with Crippen LogP contribution in [0.2, 0.25) is 6.32 Å². The van der Waals surface area contributed by atoms with Gasteiger partial charge < -0.3 is 19.5 Å². The van der Waals surface area contributed by atoms with Gasteiger partial charge in [0.1, 0.15) is 16.9 Å². The summed E-state index contributed by atoms with van der Waals surface area (Å²) in [7, 11) is 0.0899. The maximum Gasteiger partial charge on any atom is 0.451 e. The average Bonchev–Trinajstić information content (AvgIpc) is 2.33. The standard InChI is InChI=1S/C14H21BO5/c1-14(2,3)20-13(16)11-7-5-6-10(12(11)19-4)8-9-15(17)18/h5-7,17-18H,8-9H2,1-4H3. The number of rotatable bonds is 5. The van der Waals surface area contributed by atoms with Crippen LogP contribution in [-0.4, -0.2) is 35.8 Å². The summed E-state index contributed by atoms with van der Waals surface area (Å²) in [6.45, 7) is 5.38. The summed E-state index contributed by atoms with van der Waals surface area (Å²) in [5.41, 5.74) is 0.496. The smallest absolute Gasteiger partial charge is 0.451 e. The third kappa shape index (κ3) is 4.87. The second kappa shape index (κ2) is 6.77. The molecule has 0 saturated carbocycles. The molecule has 20 heavy (non-hydrogen) atoms. The van der Waals surface area contributed by atoms with Crippen LogP contribution in [0.5, 0.6) is 5.75 Å². The van der Waals surface area contributed by atoms with Crippen molar-refractivity contribution >= 4 is 13.1 Å². The normalized spacial score (nSPS) is 11.1. The number of esters is 1. The van der Waals surface area contributed by atoms with Gasteiger partial charge in [-0.25, -0.2) is 4.79 Å². The monoisotopic (exact) mass is 280 g/mol. The lowest BCUT2D eigenvalue weighted by Crippen LogP contribution is -2.24. The van der Waals surface area contributed by atoms with Crippen molar-refractivity contribution in [3.05, 3.63) is 29.3 Å². The molecule has 0 atom stereocenters. The Morgan fingerprint density at radius 3 is 2.45 bits per heavy atom. The molecule has 0 aliphatic rings. The van der Waals surface area contributed by atoms with E-state index in [9.17, 15) is 4.79 Å². The SMILES string of the molecule is COc1c(CCB(O)O)cccc1C(=O)OC(C)(C)C. The zero-order valence-corrected chi connectivity index (χ0v) is 12.3. The average molecular weight is 280 g/mol. The van der Waals surface area contributed by atoms with Crippen LogP contribution in [0.1, 0.15) is 36.7 Å². The second-order valence-electron chi connectivity index (χ2n) is 5.52. The van der Waals surface area contributed by atoms with Gasteiger partial charge in [0.25, 0.3) is 0 Å². The Morgan fingerprint density at radius 2 is 1.95 bits per heavy atom. The lowest BCUT2D eigenvalue weighted by atomic mass is 9.82. The number of carbonyl (C=O) groups is 1. The highest BCUT2D eigenvalue weighted by Gasteiger charge is 2.22. The first-order valence-corrected chi connectivity index (χ1v) is 6.50. The molecule has 0 radical (unpaired) electrons. The van der Waals surface area contributed by atoms with E-state index in [1.54, 1.807) is 39.0 Å². The highest BCUT2D eigenvalue weighted by molar-refractivity contribution is 6.41. The number of hydrogen-bond acceptors (Lipinski definition) is 5. The third-order valence-corrected chi connectivity index (χ3v) is 2.59. The van der Waals surface area contributed by atoms with E-state index >= 15 is 0 Å². The van der Waals surface area contributed by atoms with E-state index in [-0.39, 0.29) is 6.32 Å². The van der Waals surface area contributed by atoms with Crippen LogP contribution < -0.4 is 4.74 Å². The Hall–Kier alpha value is -1.53. The number of ether oxygens (including phenoxy) is 2. The molecular weight excluding hydrogens is 259 g/mol. The molecule has 0 saturated heterocycles. The van der Waals surface area contributed by atoms with Crippen molar-refractivity contribution in [3.63, 3.8) is 0 Å². The molecule has 2 N–H and O–H groups in total. The summed E-state index contributed by atoms with van der Waals surface area (Å²) in [4.78, 5) is 12.1. The first-order chi connectivity index (χ1) is 9.24. The van der Waals surface area contributed by atoms with Crippen LogP contribution in [-0.2, 0) is 11.2 Å². The molecule has 0 amide bonds. The number of hydrogen-bond donors (Lipinski definition) is 2. The molecule has 0 aliphatic carbocycles. The number of aryl methyl sites for hydroxylation is 1. The Bertz CT molecular complexity index is 465. The minimum atomic E-state index is -1.38. The lowest BCUT2D eigenvalue weighted by Gasteiger charge is -2.21. The van der Waals surface area contributed by atoms with Crippen molar-refractivity contribution in [1.82, 2.24) is 0 Å². The zero-order valence-electron chi connectivity index (χ0n) is 12.3. The van der Waals surface area contributed by atoms with Crippen LogP contribution in [0.25, 0.3) is 0 Å². The predicted molar refractivity (Wildman–Crippen MR) is 76.9 cm³/mol. The van der Waals surface area contributed by atoms with E-state index in [0.717, 1.165) is 5.56 Å². The maximum absolute atomic E-state index is 12.1. The Morgan fingerprint density at radius 1 is 1.30 bits per heavy atom. The predicted octanol–water partition coefficient (Wildman–Crippen LogP) is 1.67. The molecule has 1 rings (SSSR count). The van der Waals surface area contributed by atoms with Gasteiger partial charge in [0.15, 0.2) is 0 Å². The molecule has 0 bridgehead atoms. The summed E-state index contributed by atoms with van der Waals surface area (Å²) in [6.07, 6.45) is 0.575. The lowest BCUT2D eigenvalue weighted by molar-refractivity contribution is 0.00663. The van der Waals surface area contributed by atoms with Gasteiger partial charge in [-0.05, 0) is 45.1 Å². The fourth-order valence-electron chi connectivity index (χ4n) is 1.80. The molecule has 110 valence electrons. The first-order valence-electron chi connectivity index (χ1n) is 6.50. The van der Waals surface area contributed by atoms with E-state index < -0.39 is 18.7 Å². The quantitative estimate of drug-likeness (QED) is 0.633. The van der Waals surface area contributed by atoms with Gasteiger partial charge in [-0.3, -0.25) is 0 Å². The maximum atomic E-state index is 12.1. The molecule has 1 aromatic carbocycles. The van der Waals surface area contributed by atoms with Crippen molar-refractivity contribution in [1.29, 1.82) is 0 Å². The van der Waals surface area contributed by atoms with Crippen LogP contribution in [0.15, 0.2) is 18.2 Å². The van der Waals surface area contributed by atoms with Gasteiger partial charge in [0, 0.05) is 0 Å². The van der Waals surface area contributed by atoms with Crippen LogP contribution in [0, 0.1) is 0 Å². The van der Waals surface area contributed by atoms with Gasteiger partial charge in [-0.2, -0.15) is 0 Å². The molecule has 0 fully saturated rings. The highest BCUT2D eigenvalue weighted by atomic mass is 16.6. The van der Waals surface area contributed by atoms with Gasteiger partial charge in [-0.15, -0.1) is 0 Å². The van der Waals surface area contributed by atoms with Crippen molar-refractivity contribution in [2.24, 2.45) is 0 Å².